The Morgan fingerprint density at radius 2 is 1.69 bits per heavy atom. The SMILES string of the molecule is O=C(O)c1ccc2c(c1)nc(-c1ccc(OCc3cc(N4CCCS4(=O)=O)c(F)cc3-c3ccc(Cl)cc3)cc1F)n2C1CCCCC1. The van der Waals surface area contributed by atoms with Crippen molar-refractivity contribution in [3.8, 4) is 28.3 Å². The number of carboxylic acids is 1. The molecule has 48 heavy (non-hydrogen) atoms. The number of imidazole rings is 1. The Bertz CT molecular complexity index is 2150. The van der Waals surface area contributed by atoms with Gasteiger partial charge in [0.1, 0.15) is 29.8 Å². The summed E-state index contributed by atoms with van der Waals surface area (Å²) >= 11 is 6.08. The molecule has 0 atom stereocenters. The fourth-order valence-electron chi connectivity index (χ4n) is 6.78. The molecule has 1 aliphatic heterocycles. The maximum Gasteiger partial charge on any atom is 0.335 e. The van der Waals surface area contributed by atoms with E-state index in [4.69, 9.17) is 21.3 Å². The summed E-state index contributed by atoms with van der Waals surface area (Å²) in [6.45, 7) is 0.0756. The molecule has 1 aromatic heterocycles. The van der Waals surface area contributed by atoms with E-state index in [0.29, 0.717) is 39.5 Å². The molecule has 1 saturated heterocycles. The summed E-state index contributed by atoms with van der Waals surface area (Å²) in [4.78, 5) is 16.4. The van der Waals surface area contributed by atoms with Gasteiger partial charge in [-0.25, -0.2) is 27.0 Å². The van der Waals surface area contributed by atoms with E-state index in [2.05, 4.69) is 0 Å². The first-order valence-corrected chi connectivity index (χ1v) is 17.8. The molecule has 0 radical (unpaired) electrons. The fourth-order valence-corrected chi connectivity index (χ4v) is 8.47. The van der Waals surface area contributed by atoms with E-state index in [1.807, 2.05) is 4.57 Å². The maximum atomic E-state index is 16.0. The van der Waals surface area contributed by atoms with Crippen LogP contribution < -0.4 is 9.04 Å². The number of anilines is 1. The molecule has 2 aliphatic rings. The Balaban J connectivity index is 1.23. The quantitative estimate of drug-likeness (QED) is 0.175. The lowest BCUT2D eigenvalue weighted by atomic mass is 9.94. The molecule has 0 amide bonds. The lowest BCUT2D eigenvalue weighted by Crippen LogP contribution is -2.26. The van der Waals surface area contributed by atoms with Gasteiger partial charge in [-0.15, -0.1) is 0 Å². The highest BCUT2D eigenvalue weighted by atomic mass is 35.5. The van der Waals surface area contributed by atoms with Gasteiger partial charge in [-0.05, 0) is 90.6 Å². The van der Waals surface area contributed by atoms with Crippen LogP contribution in [0.2, 0.25) is 5.02 Å². The molecule has 8 nitrogen and oxygen atoms in total. The van der Waals surface area contributed by atoms with E-state index in [0.717, 1.165) is 41.9 Å². The smallest absolute Gasteiger partial charge is 0.335 e. The van der Waals surface area contributed by atoms with Crippen molar-refractivity contribution in [2.45, 2.75) is 51.2 Å². The molecule has 12 heteroatoms. The average Bonchev–Trinajstić information content (AvgIpc) is 3.63. The zero-order chi connectivity index (χ0) is 33.6. The summed E-state index contributed by atoms with van der Waals surface area (Å²) in [5.41, 5.74) is 3.19. The number of ether oxygens (including phenoxy) is 1. The number of carboxylic acid groups (broad SMARTS) is 1. The van der Waals surface area contributed by atoms with Crippen LogP contribution in [0.25, 0.3) is 33.5 Å². The van der Waals surface area contributed by atoms with Crippen LogP contribution in [0.15, 0.2) is 72.8 Å². The number of fused-ring (bicyclic) bond motifs is 1. The first-order chi connectivity index (χ1) is 23.1. The molecule has 5 aromatic rings. The van der Waals surface area contributed by atoms with Crippen LogP contribution in [0.5, 0.6) is 5.75 Å². The number of sulfonamides is 1. The normalized spacial score (nSPS) is 16.4. The number of aromatic nitrogens is 2. The Morgan fingerprint density at radius 3 is 2.38 bits per heavy atom. The van der Waals surface area contributed by atoms with Crippen molar-refractivity contribution in [1.29, 1.82) is 0 Å². The molecule has 248 valence electrons. The molecule has 0 spiro atoms. The van der Waals surface area contributed by atoms with Gasteiger partial charge in [-0.3, -0.25) is 4.31 Å². The topological polar surface area (TPSA) is 102 Å². The van der Waals surface area contributed by atoms with Crippen molar-refractivity contribution in [2.24, 2.45) is 0 Å². The molecule has 2 fully saturated rings. The minimum absolute atomic E-state index is 0.0574. The number of aromatic carboxylic acids is 1. The van der Waals surface area contributed by atoms with Crippen LogP contribution in [0.3, 0.4) is 0 Å². The minimum Gasteiger partial charge on any atom is -0.489 e. The van der Waals surface area contributed by atoms with E-state index >= 15 is 8.78 Å². The molecule has 7 rings (SSSR count). The zero-order valence-electron chi connectivity index (χ0n) is 25.8. The minimum atomic E-state index is -3.65. The second-order valence-corrected chi connectivity index (χ2v) is 14.7. The van der Waals surface area contributed by atoms with Crippen LogP contribution in [0.4, 0.5) is 14.5 Å². The van der Waals surface area contributed by atoms with E-state index in [1.54, 1.807) is 48.5 Å². The summed E-state index contributed by atoms with van der Waals surface area (Å²) in [7, 11) is -3.65. The summed E-state index contributed by atoms with van der Waals surface area (Å²) in [5.74, 6) is -1.74. The van der Waals surface area contributed by atoms with Crippen molar-refractivity contribution < 1.29 is 31.8 Å². The van der Waals surface area contributed by atoms with E-state index < -0.39 is 27.6 Å². The van der Waals surface area contributed by atoms with E-state index in [9.17, 15) is 18.3 Å². The van der Waals surface area contributed by atoms with E-state index in [-0.39, 0.29) is 47.5 Å². The summed E-state index contributed by atoms with van der Waals surface area (Å²) < 4.78 is 65.9. The third-order valence-electron chi connectivity index (χ3n) is 9.15. The van der Waals surface area contributed by atoms with Crippen molar-refractivity contribution in [2.75, 3.05) is 16.6 Å². The second-order valence-electron chi connectivity index (χ2n) is 12.2. The largest absolute Gasteiger partial charge is 0.489 e. The van der Waals surface area contributed by atoms with Crippen molar-refractivity contribution >= 4 is 44.3 Å². The standard InChI is InChI=1S/C36H32ClF2N3O5S/c37-25-10-7-22(8-11-25)29-20-31(39)34(41-15-4-16-48(41,45)46)18-24(29)21-47-27-12-13-28(30(38)19-27)35-40-32-17-23(36(43)44)9-14-33(32)42(35)26-5-2-1-3-6-26/h7-14,17-20,26H,1-6,15-16,21H2,(H,43,44). The molecular weight excluding hydrogens is 660 g/mol. The monoisotopic (exact) mass is 691 g/mol. The Kier molecular flexibility index (Phi) is 8.59. The first-order valence-electron chi connectivity index (χ1n) is 15.9. The molecule has 0 bridgehead atoms. The van der Waals surface area contributed by atoms with Crippen molar-refractivity contribution in [3.63, 3.8) is 0 Å². The fraction of sp³-hybridized carbons (Fsp3) is 0.278. The number of nitrogens with zero attached hydrogens (tertiary/aromatic N) is 3. The molecule has 4 aromatic carbocycles. The predicted molar refractivity (Wildman–Crippen MR) is 181 cm³/mol. The van der Waals surface area contributed by atoms with Gasteiger partial charge in [0, 0.05) is 23.7 Å². The van der Waals surface area contributed by atoms with Crippen LogP contribution in [0, 0.1) is 11.6 Å². The van der Waals surface area contributed by atoms with Gasteiger partial charge in [0.2, 0.25) is 10.0 Å². The third kappa shape index (κ3) is 6.12. The average molecular weight is 692 g/mol. The number of rotatable bonds is 8. The van der Waals surface area contributed by atoms with Crippen LogP contribution in [-0.2, 0) is 16.6 Å². The van der Waals surface area contributed by atoms with Gasteiger partial charge in [0.15, 0.2) is 0 Å². The molecule has 1 N–H and O–H groups in total. The molecule has 2 heterocycles. The van der Waals surface area contributed by atoms with Crippen molar-refractivity contribution in [3.05, 3.63) is 101 Å². The van der Waals surface area contributed by atoms with Gasteiger partial charge in [-0.1, -0.05) is 43.0 Å². The highest BCUT2D eigenvalue weighted by Crippen LogP contribution is 2.39. The predicted octanol–water partition coefficient (Wildman–Crippen LogP) is 8.62. The molecule has 0 unspecified atom stereocenters. The molecular formula is C36H32ClF2N3O5S. The van der Waals surface area contributed by atoms with Crippen LogP contribution in [-0.4, -0.2) is 41.3 Å². The number of hydrogen-bond donors (Lipinski definition) is 1. The van der Waals surface area contributed by atoms with Gasteiger partial charge in [0.05, 0.1) is 33.6 Å². The van der Waals surface area contributed by atoms with E-state index in [1.165, 1.54) is 24.3 Å². The van der Waals surface area contributed by atoms with Crippen molar-refractivity contribution in [1.82, 2.24) is 9.55 Å². The van der Waals surface area contributed by atoms with Crippen LogP contribution >= 0.6 is 11.6 Å². The Hall–Kier alpha value is -4.48. The molecule has 1 aliphatic carbocycles. The summed E-state index contributed by atoms with van der Waals surface area (Å²) in [6, 6.07) is 19.0. The second kappa shape index (κ2) is 12.9. The number of benzene rings is 4. The van der Waals surface area contributed by atoms with Crippen LogP contribution in [0.1, 0.15) is 60.5 Å². The number of halogens is 3. The first kappa shape index (κ1) is 32.1. The summed E-state index contributed by atoms with van der Waals surface area (Å²) in [5, 5.41) is 10.0. The number of carbonyl (C=O) groups is 1. The summed E-state index contributed by atoms with van der Waals surface area (Å²) in [6.07, 6.45) is 5.43. The maximum absolute atomic E-state index is 16.0. The Labute approximate surface area is 281 Å². The number of hydrogen-bond acceptors (Lipinski definition) is 5. The zero-order valence-corrected chi connectivity index (χ0v) is 27.4. The van der Waals surface area contributed by atoms with Gasteiger partial charge >= 0.3 is 5.97 Å². The van der Waals surface area contributed by atoms with Gasteiger partial charge < -0.3 is 14.4 Å². The lowest BCUT2D eigenvalue weighted by molar-refractivity contribution is 0.0697. The highest BCUT2D eigenvalue weighted by molar-refractivity contribution is 7.93. The highest BCUT2D eigenvalue weighted by Gasteiger charge is 2.31. The Morgan fingerprint density at radius 1 is 0.917 bits per heavy atom. The van der Waals surface area contributed by atoms with Gasteiger partial charge in [-0.2, -0.15) is 0 Å². The van der Waals surface area contributed by atoms with Gasteiger partial charge in [0.25, 0.3) is 0 Å². The third-order valence-corrected chi connectivity index (χ3v) is 11.3. The lowest BCUT2D eigenvalue weighted by Gasteiger charge is -2.26. The molecule has 1 saturated carbocycles.